The molecule has 1 aromatic carbocycles. The van der Waals surface area contributed by atoms with Crippen LogP contribution in [0.5, 0.6) is 17.2 Å². The Labute approximate surface area is 250 Å². The topological polar surface area (TPSA) is 180 Å². The summed E-state index contributed by atoms with van der Waals surface area (Å²) < 4.78 is 46.5. The van der Waals surface area contributed by atoms with Gasteiger partial charge in [-0.05, 0) is 44.5 Å². The second-order valence-corrected chi connectivity index (χ2v) is 9.95. The summed E-state index contributed by atoms with van der Waals surface area (Å²) in [4.78, 5) is 46.2. The molecule has 0 bridgehead atoms. The van der Waals surface area contributed by atoms with Gasteiger partial charge in [-0.25, -0.2) is 14.4 Å². The Bertz CT molecular complexity index is 1470. The van der Waals surface area contributed by atoms with Gasteiger partial charge in [0.1, 0.15) is 12.5 Å². The summed E-state index contributed by atoms with van der Waals surface area (Å²) in [7, 11) is -2.13. The third kappa shape index (κ3) is 6.99. The normalized spacial score (nSPS) is 15.2. The molecule has 1 atom stereocenters. The Morgan fingerprint density at radius 1 is 1.20 bits per heavy atom. The first-order valence-electron chi connectivity index (χ1n) is 11.3. The third-order valence-corrected chi connectivity index (χ3v) is 5.92. The summed E-state index contributed by atoms with van der Waals surface area (Å²) >= 11 is 0. The standard InChI is InChI=1S/C23H26FN6O8P.Na/c1-12-8-13(9-16(35-4)18(12)36-5)26-22-25-10-14(24)19(29-22)27-17-7-6-15-20(28-17)30(11-37-39(32,33)34)21(31)23(2,3)38-15;/h6-10H,11H2,1-5H3,(H2,32,33,34)(H2,25,26,27,28,29);/q;+1/p-1. The molecule has 1 aliphatic rings. The molecule has 2 aromatic heterocycles. The molecule has 3 heterocycles. The minimum absolute atomic E-state index is 0. The molecule has 4 rings (SSSR count). The second-order valence-electron chi connectivity index (χ2n) is 8.76. The van der Waals surface area contributed by atoms with E-state index in [1.807, 2.05) is 6.92 Å². The number of hydrogen-bond donors (Lipinski definition) is 3. The number of ether oxygens (including phenoxy) is 3. The fourth-order valence-electron chi connectivity index (χ4n) is 3.76. The number of nitrogens with one attached hydrogen (secondary N) is 2. The van der Waals surface area contributed by atoms with Crippen LogP contribution in [-0.4, -0.2) is 52.3 Å². The van der Waals surface area contributed by atoms with Crippen molar-refractivity contribution in [3.05, 3.63) is 41.8 Å². The monoisotopic (exact) mass is 586 g/mol. The van der Waals surface area contributed by atoms with Crippen molar-refractivity contribution in [2.45, 2.75) is 26.4 Å². The van der Waals surface area contributed by atoms with E-state index in [0.717, 1.165) is 16.7 Å². The average Bonchev–Trinajstić information content (AvgIpc) is 2.85. The average molecular weight is 586 g/mol. The van der Waals surface area contributed by atoms with Crippen LogP contribution in [0.2, 0.25) is 0 Å². The second kappa shape index (κ2) is 12.2. The number of phosphoric ester groups is 1. The number of amides is 1. The van der Waals surface area contributed by atoms with Gasteiger partial charge < -0.3 is 34.6 Å². The van der Waals surface area contributed by atoms with Gasteiger partial charge in [0, 0.05) is 11.8 Å². The van der Waals surface area contributed by atoms with E-state index < -0.39 is 31.9 Å². The molecule has 0 saturated heterocycles. The van der Waals surface area contributed by atoms with Gasteiger partial charge in [0.15, 0.2) is 40.3 Å². The van der Waals surface area contributed by atoms with Gasteiger partial charge in [-0.15, -0.1) is 0 Å². The quantitative estimate of drug-likeness (QED) is 0.221. The van der Waals surface area contributed by atoms with Crippen LogP contribution in [0.25, 0.3) is 0 Å². The summed E-state index contributed by atoms with van der Waals surface area (Å²) in [5, 5.41) is 5.68. The van der Waals surface area contributed by atoms with Crippen LogP contribution in [0, 0.1) is 12.7 Å². The van der Waals surface area contributed by atoms with Crippen molar-refractivity contribution >= 4 is 42.8 Å². The number of fused-ring (bicyclic) bond motifs is 1. The summed E-state index contributed by atoms with van der Waals surface area (Å²) in [5.74, 6) is -0.603. The van der Waals surface area contributed by atoms with E-state index >= 15 is 0 Å². The van der Waals surface area contributed by atoms with Gasteiger partial charge in [-0.1, -0.05) is 0 Å². The van der Waals surface area contributed by atoms with E-state index in [4.69, 9.17) is 19.1 Å². The van der Waals surface area contributed by atoms with Crippen molar-refractivity contribution < 1.29 is 71.8 Å². The maximum atomic E-state index is 14.6. The number of pyridine rings is 1. The Hall–Kier alpha value is -3.04. The Morgan fingerprint density at radius 2 is 1.93 bits per heavy atom. The van der Waals surface area contributed by atoms with Crippen LogP contribution >= 0.6 is 7.82 Å². The van der Waals surface area contributed by atoms with E-state index in [-0.39, 0.29) is 58.7 Å². The van der Waals surface area contributed by atoms with Crippen LogP contribution in [-0.2, 0) is 13.9 Å². The molecule has 1 amide bonds. The zero-order valence-electron chi connectivity index (χ0n) is 22.5. The molecule has 0 saturated carbocycles. The van der Waals surface area contributed by atoms with Crippen molar-refractivity contribution in [1.82, 2.24) is 15.0 Å². The molecule has 40 heavy (non-hydrogen) atoms. The van der Waals surface area contributed by atoms with E-state index in [1.165, 1.54) is 40.2 Å². The van der Waals surface area contributed by atoms with Gasteiger partial charge in [0.05, 0.1) is 20.4 Å². The van der Waals surface area contributed by atoms with Crippen molar-refractivity contribution in [1.29, 1.82) is 0 Å². The molecule has 17 heteroatoms. The van der Waals surface area contributed by atoms with Gasteiger partial charge in [-0.3, -0.25) is 18.8 Å². The van der Waals surface area contributed by atoms with Crippen molar-refractivity contribution in [2.24, 2.45) is 0 Å². The van der Waals surface area contributed by atoms with E-state index in [2.05, 4.69) is 30.1 Å². The third-order valence-electron chi connectivity index (χ3n) is 5.48. The van der Waals surface area contributed by atoms with Crippen molar-refractivity contribution in [2.75, 3.05) is 36.5 Å². The fraction of sp³-hybridized carbons (Fsp3) is 0.304. The summed E-state index contributed by atoms with van der Waals surface area (Å²) in [6.45, 7) is 3.91. The minimum Gasteiger partial charge on any atom is -0.756 e. The summed E-state index contributed by atoms with van der Waals surface area (Å²) in [6, 6.07) is 6.33. The van der Waals surface area contributed by atoms with Gasteiger partial charge in [0.2, 0.25) is 5.95 Å². The number of anilines is 5. The van der Waals surface area contributed by atoms with Crippen LogP contribution in [0.1, 0.15) is 19.4 Å². The summed E-state index contributed by atoms with van der Waals surface area (Å²) in [6.07, 6.45) is 0.950. The maximum absolute atomic E-state index is 14.6. The van der Waals surface area contributed by atoms with Crippen molar-refractivity contribution in [3.63, 3.8) is 0 Å². The maximum Gasteiger partial charge on any atom is 1.00 e. The molecule has 14 nitrogen and oxygen atoms in total. The number of aromatic nitrogens is 3. The van der Waals surface area contributed by atoms with Crippen LogP contribution in [0.3, 0.4) is 0 Å². The molecule has 208 valence electrons. The first kappa shape index (κ1) is 31.5. The molecule has 1 unspecified atom stereocenters. The number of halogens is 1. The van der Waals surface area contributed by atoms with Crippen LogP contribution < -0.4 is 64.2 Å². The smallest absolute Gasteiger partial charge is 0.756 e. The molecule has 0 spiro atoms. The largest absolute Gasteiger partial charge is 1.00 e. The Balaban J connectivity index is 0.00000441. The van der Waals surface area contributed by atoms with Gasteiger partial charge in [0.25, 0.3) is 13.7 Å². The molecule has 0 aliphatic carbocycles. The predicted molar refractivity (Wildman–Crippen MR) is 135 cm³/mol. The summed E-state index contributed by atoms with van der Waals surface area (Å²) in [5.41, 5.74) is -0.0407. The van der Waals surface area contributed by atoms with Crippen molar-refractivity contribution in [3.8, 4) is 17.2 Å². The number of benzene rings is 1. The molecule has 1 aliphatic heterocycles. The molecule has 0 fully saturated rings. The molecular weight excluding hydrogens is 561 g/mol. The number of aryl methyl sites for hydroxylation is 1. The fourth-order valence-corrected chi connectivity index (χ4v) is 4.02. The van der Waals surface area contributed by atoms with Crippen LogP contribution in [0.4, 0.5) is 33.5 Å². The number of phosphoric acid groups is 1. The number of carbonyl (C=O) groups is 1. The van der Waals surface area contributed by atoms with Crippen LogP contribution in [0.15, 0.2) is 30.5 Å². The zero-order chi connectivity index (χ0) is 28.5. The van der Waals surface area contributed by atoms with E-state index in [9.17, 15) is 18.6 Å². The number of methoxy groups -OCH3 is 2. The van der Waals surface area contributed by atoms with E-state index in [0.29, 0.717) is 17.2 Å². The number of rotatable bonds is 9. The predicted octanol–water partition coefficient (Wildman–Crippen LogP) is -0.234. The van der Waals surface area contributed by atoms with Gasteiger partial charge in [-0.2, -0.15) is 4.98 Å². The Kier molecular flexibility index (Phi) is 9.62. The minimum atomic E-state index is -5.15. The first-order chi connectivity index (χ1) is 18.3. The van der Waals surface area contributed by atoms with E-state index in [1.54, 1.807) is 12.1 Å². The zero-order valence-corrected chi connectivity index (χ0v) is 25.4. The molecule has 0 radical (unpaired) electrons. The Morgan fingerprint density at radius 3 is 2.58 bits per heavy atom. The molecule has 3 N–H and O–H groups in total. The number of hydrogen-bond acceptors (Lipinski definition) is 12. The number of carbonyl (C=O) groups excluding carboxylic acids is 1. The molecular formula is C23H25FN6NaO8P. The van der Waals surface area contributed by atoms with Gasteiger partial charge >= 0.3 is 29.6 Å². The SMILES string of the molecule is COc1cc(Nc2ncc(F)c(Nc3ccc4c(n3)N(COP(=O)([O-])O)C(=O)C(C)(C)O4)n2)cc(C)c1OC.[Na+]. The number of nitrogens with zero attached hydrogens (tertiary/aromatic N) is 4. The first-order valence-corrected chi connectivity index (χ1v) is 12.8. The molecule has 3 aromatic rings.